The van der Waals surface area contributed by atoms with E-state index in [0.29, 0.717) is 23.3 Å². The van der Waals surface area contributed by atoms with Crippen LogP contribution in [-0.2, 0) is 5.92 Å². The Labute approximate surface area is 223 Å². The van der Waals surface area contributed by atoms with Crippen molar-refractivity contribution in [3.63, 3.8) is 0 Å². The topological polar surface area (TPSA) is 85.3 Å². The molecule has 0 spiro atoms. The molecule has 40 heavy (non-hydrogen) atoms. The molecule has 1 fully saturated rings. The van der Waals surface area contributed by atoms with E-state index in [0.717, 1.165) is 35.1 Å². The maximum Gasteiger partial charge on any atom is 0.390 e. The summed E-state index contributed by atoms with van der Waals surface area (Å²) in [5.41, 5.74) is 5.28. The zero-order valence-electron chi connectivity index (χ0n) is 20.9. The van der Waals surface area contributed by atoms with Crippen LogP contribution in [0.15, 0.2) is 42.6 Å². The van der Waals surface area contributed by atoms with Crippen molar-refractivity contribution in [1.82, 2.24) is 14.6 Å². The van der Waals surface area contributed by atoms with Crippen LogP contribution in [0.25, 0.3) is 16.9 Å². The molecule has 1 aliphatic rings. The Morgan fingerprint density at radius 1 is 1.12 bits per heavy atom. The van der Waals surface area contributed by atoms with Crippen molar-refractivity contribution in [1.29, 1.82) is 0 Å². The Hall–Kier alpha value is -4.16. The maximum absolute atomic E-state index is 15.7. The number of imidazole rings is 1. The molecule has 2 heterocycles. The number of hydrogen-bond donors (Lipinski definition) is 2. The molecular formula is C27H22F7N5O. The number of nitrogens with two attached hydrogens (primary N) is 1. The number of nitrogens with one attached hydrogen (secondary N) is 1. The van der Waals surface area contributed by atoms with Crippen LogP contribution in [0.3, 0.4) is 0 Å². The van der Waals surface area contributed by atoms with E-state index < -0.39 is 53.9 Å². The molecule has 4 aromatic rings. The molecule has 1 aliphatic carbocycles. The van der Waals surface area contributed by atoms with Crippen LogP contribution < -0.4 is 11.1 Å². The molecule has 3 N–H and O–H groups in total. The van der Waals surface area contributed by atoms with Crippen molar-refractivity contribution in [2.24, 2.45) is 5.73 Å². The molecule has 0 atom stereocenters. The molecule has 0 bridgehead atoms. The van der Waals surface area contributed by atoms with E-state index in [1.54, 1.807) is 13.0 Å². The Kier molecular flexibility index (Phi) is 6.71. The van der Waals surface area contributed by atoms with Gasteiger partial charge in [-0.1, -0.05) is 12.1 Å². The molecular weight excluding hydrogens is 543 g/mol. The minimum atomic E-state index is -4.52. The summed E-state index contributed by atoms with van der Waals surface area (Å²) in [5, 5.41) is 6.50. The number of alkyl halides is 5. The van der Waals surface area contributed by atoms with Gasteiger partial charge >= 0.3 is 12.1 Å². The molecule has 2 aromatic heterocycles. The van der Waals surface area contributed by atoms with Crippen molar-refractivity contribution in [2.45, 2.75) is 44.2 Å². The molecule has 1 amide bonds. The third kappa shape index (κ3) is 4.95. The molecule has 0 aliphatic heterocycles. The van der Waals surface area contributed by atoms with Gasteiger partial charge in [-0.2, -0.15) is 27.1 Å². The maximum atomic E-state index is 15.7. The van der Waals surface area contributed by atoms with Gasteiger partial charge in [0.05, 0.1) is 29.6 Å². The Morgan fingerprint density at radius 3 is 2.50 bits per heavy atom. The summed E-state index contributed by atoms with van der Waals surface area (Å²) in [5.74, 6) is -8.02. The van der Waals surface area contributed by atoms with E-state index in [1.807, 2.05) is 0 Å². The number of carbonyl (C=O) groups is 1. The largest absolute Gasteiger partial charge is 0.390 e. The summed E-state index contributed by atoms with van der Waals surface area (Å²) in [6.45, 7) is 1.05. The SMILES string of the molecule is Cc1c(C(N)=O)ccc(-c2cnc3c(NCCC(F)(F)F)cc(C(F)(F)c4cccc(F)c4F)nn23)c1C1CC1. The minimum absolute atomic E-state index is 0.0604. The molecule has 210 valence electrons. The number of carbonyl (C=O) groups excluding carboxylic acids is 1. The van der Waals surface area contributed by atoms with E-state index in [4.69, 9.17) is 5.73 Å². The normalized spacial score (nSPS) is 14.1. The van der Waals surface area contributed by atoms with Gasteiger partial charge in [0, 0.05) is 17.7 Å². The lowest BCUT2D eigenvalue weighted by Gasteiger charge is -2.20. The number of fused-ring (bicyclic) bond motifs is 1. The average molecular weight is 565 g/mol. The van der Waals surface area contributed by atoms with E-state index in [2.05, 4.69) is 15.4 Å². The van der Waals surface area contributed by atoms with Crippen molar-refractivity contribution >= 4 is 17.2 Å². The predicted molar refractivity (Wildman–Crippen MR) is 132 cm³/mol. The molecule has 1 saturated carbocycles. The van der Waals surface area contributed by atoms with Gasteiger partial charge in [0.2, 0.25) is 5.91 Å². The van der Waals surface area contributed by atoms with E-state index >= 15 is 8.78 Å². The lowest BCUT2D eigenvalue weighted by molar-refractivity contribution is -0.131. The molecule has 0 saturated heterocycles. The molecule has 2 aromatic carbocycles. The van der Waals surface area contributed by atoms with Crippen LogP contribution in [0, 0.1) is 18.6 Å². The first kappa shape index (κ1) is 27.4. The zero-order valence-corrected chi connectivity index (χ0v) is 20.9. The van der Waals surface area contributed by atoms with Gasteiger partial charge in [0.15, 0.2) is 17.3 Å². The Balaban J connectivity index is 1.72. The number of anilines is 1. The second kappa shape index (κ2) is 9.79. The number of primary amides is 1. The Bertz CT molecular complexity index is 1630. The van der Waals surface area contributed by atoms with Crippen molar-refractivity contribution in [2.75, 3.05) is 11.9 Å². The molecule has 6 nitrogen and oxygen atoms in total. The summed E-state index contributed by atoms with van der Waals surface area (Å²) in [6.07, 6.45) is -2.84. The lowest BCUT2D eigenvalue weighted by atomic mass is 9.92. The summed E-state index contributed by atoms with van der Waals surface area (Å²) in [7, 11) is 0. The summed E-state index contributed by atoms with van der Waals surface area (Å²) in [6, 6.07) is 6.14. The summed E-state index contributed by atoms with van der Waals surface area (Å²) >= 11 is 0. The summed E-state index contributed by atoms with van der Waals surface area (Å²) < 4.78 is 99.0. The van der Waals surface area contributed by atoms with Crippen LogP contribution in [0.5, 0.6) is 0 Å². The first-order valence-corrected chi connectivity index (χ1v) is 12.3. The van der Waals surface area contributed by atoms with E-state index in [9.17, 15) is 26.7 Å². The second-order valence-corrected chi connectivity index (χ2v) is 9.63. The first-order valence-electron chi connectivity index (χ1n) is 12.3. The Morgan fingerprint density at radius 2 is 1.85 bits per heavy atom. The van der Waals surface area contributed by atoms with Crippen LogP contribution in [0.1, 0.15) is 57.9 Å². The highest BCUT2D eigenvalue weighted by Gasteiger charge is 2.41. The van der Waals surface area contributed by atoms with Gasteiger partial charge in [-0.25, -0.2) is 18.3 Å². The fraction of sp³-hybridized carbons (Fsp3) is 0.296. The number of nitrogens with zero attached hydrogens (tertiary/aromatic N) is 3. The van der Waals surface area contributed by atoms with E-state index in [1.165, 1.54) is 12.3 Å². The van der Waals surface area contributed by atoms with Crippen LogP contribution in [0.4, 0.5) is 36.4 Å². The first-order chi connectivity index (χ1) is 18.8. The number of benzene rings is 2. The highest BCUT2D eigenvalue weighted by atomic mass is 19.4. The highest BCUT2D eigenvalue weighted by Crippen LogP contribution is 2.47. The van der Waals surface area contributed by atoms with Gasteiger partial charge in [0.1, 0.15) is 5.69 Å². The number of rotatable bonds is 8. The third-order valence-electron chi connectivity index (χ3n) is 6.84. The number of aromatic nitrogens is 3. The van der Waals surface area contributed by atoms with Crippen LogP contribution >= 0.6 is 0 Å². The second-order valence-electron chi connectivity index (χ2n) is 9.63. The van der Waals surface area contributed by atoms with Gasteiger partial charge in [-0.05, 0) is 61.1 Å². The number of amides is 1. The molecule has 13 heteroatoms. The summed E-state index contributed by atoms with van der Waals surface area (Å²) in [4.78, 5) is 16.2. The average Bonchev–Trinajstić information content (AvgIpc) is 3.62. The van der Waals surface area contributed by atoms with Crippen molar-refractivity contribution in [3.05, 3.63) is 82.2 Å². The van der Waals surface area contributed by atoms with Gasteiger partial charge in [-0.3, -0.25) is 4.79 Å². The third-order valence-corrected chi connectivity index (χ3v) is 6.84. The van der Waals surface area contributed by atoms with Crippen molar-refractivity contribution < 1.29 is 35.5 Å². The standard InChI is InChI=1S/C27H22F7N5O/c1-13-15(24(35)40)7-8-16(22(13)14-5-6-14)20-12-37-25-19(36-10-9-26(30,31)32)11-21(38-39(20)25)27(33,34)17-3-2-4-18(28)23(17)29/h2-4,7-8,11-12,14,36H,5-6,9-10H2,1H3,(H2,35,40). The fourth-order valence-electron chi connectivity index (χ4n) is 4.78. The number of hydrogen-bond acceptors (Lipinski definition) is 4. The minimum Gasteiger partial charge on any atom is -0.382 e. The quantitative estimate of drug-likeness (QED) is 0.240. The number of halogens is 7. The fourth-order valence-corrected chi connectivity index (χ4v) is 4.78. The van der Waals surface area contributed by atoms with Gasteiger partial charge in [0.25, 0.3) is 0 Å². The van der Waals surface area contributed by atoms with Crippen LogP contribution in [0.2, 0.25) is 0 Å². The molecule has 0 unspecified atom stereocenters. The smallest absolute Gasteiger partial charge is 0.382 e. The van der Waals surface area contributed by atoms with Crippen LogP contribution in [-0.4, -0.2) is 33.2 Å². The molecule has 5 rings (SSSR count). The predicted octanol–water partition coefficient (Wildman–Crippen LogP) is 6.46. The van der Waals surface area contributed by atoms with Gasteiger partial charge in [-0.15, -0.1) is 0 Å². The lowest BCUT2D eigenvalue weighted by Crippen LogP contribution is -2.22. The van der Waals surface area contributed by atoms with Gasteiger partial charge < -0.3 is 11.1 Å². The van der Waals surface area contributed by atoms with Crippen molar-refractivity contribution in [3.8, 4) is 11.3 Å². The monoisotopic (exact) mass is 565 g/mol. The highest BCUT2D eigenvalue weighted by molar-refractivity contribution is 5.95. The molecule has 0 radical (unpaired) electrons. The zero-order chi connectivity index (χ0) is 29.0. The van der Waals surface area contributed by atoms with E-state index in [-0.39, 0.29) is 28.5 Å².